The van der Waals surface area contributed by atoms with Gasteiger partial charge in [0.05, 0.1) is 17.5 Å². The molecule has 1 heterocycles. The molecule has 0 aliphatic carbocycles. The number of furan rings is 1. The van der Waals surface area contributed by atoms with Gasteiger partial charge in [0.2, 0.25) is 0 Å². The molecule has 6 heteroatoms. The van der Waals surface area contributed by atoms with E-state index in [-0.39, 0.29) is 5.91 Å². The Kier molecular flexibility index (Phi) is 4.01. The van der Waals surface area contributed by atoms with Crippen molar-refractivity contribution in [2.75, 3.05) is 5.32 Å². The van der Waals surface area contributed by atoms with Crippen LogP contribution in [0.15, 0.2) is 50.8 Å². The Hall–Kier alpha value is -2.08. The molecule has 1 amide bonds. The molecular weight excluding hydrogens is 312 g/mol. The summed E-state index contributed by atoms with van der Waals surface area (Å²) >= 11 is 3.15. The summed E-state index contributed by atoms with van der Waals surface area (Å²) in [5.41, 5.74) is 2.37. The van der Waals surface area contributed by atoms with Crippen molar-refractivity contribution < 1.29 is 14.4 Å². The van der Waals surface area contributed by atoms with Gasteiger partial charge in [-0.3, -0.25) is 4.79 Å². The Morgan fingerprint density at radius 2 is 2.00 bits per heavy atom. The molecule has 0 spiro atoms. The number of hydrogen-bond acceptors (Lipinski definition) is 4. The maximum Gasteiger partial charge on any atom is 0.260 e. The fourth-order valence-electron chi connectivity index (χ4n) is 1.51. The van der Waals surface area contributed by atoms with E-state index in [9.17, 15) is 4.79 Å². The van der Waals surface area contributed by atoms with Crippen LogP contribution in [0.5, 0.6) is 0 Å². The van der Waals surface area contributed by atoms with E-state index in [4.69, 9.17) is 9.62 Å². The third-order valence-electron chi connectivity index (χ3n) is 2.57. The first-order valence-electron chi connectivity index (χ1n) is 5.45. The molecule has 0 aliphatic heterocycles. The van der Waals surface area contributed by atoms with E-state index in [0.29, 0.717) is 21.6 Å². The van der Waals surface area contributed by atoms with Crippen LogP contribution in [0.1, 0.15) is 22.8 Å². The number of nitrogens with one attached hydrogen (secondary N) is 1. The molecule has 0 unspecified atom stereocenters. The van der Waals surface area contributed by atoms with Crippen LogP contribution in [0.2, 0.25) is 0 Å². The molecule has 19 heavy (non-hydrogen) atoms. The Labute approximate surface area is 118 Å². The predicted octanol–water partition coefficient (Wildman–Crippen LogP) is 3.49. The number of carbonyl (C=O) groups is 1. The number of benzene rings is 1. The quantitative estimate of drug-likeness (QED) is 0.516. The molecule has 0 radical (unpaired) electrons. The number of amides is 1. The Morgan fingerprint density at radius 1 is 1.32 bits per heavy atom. The van der Waals surface area contributed by atoms with Gasteiger partial charge in [0.25, 0.3) is 5.91 Å². The molecule has 5 nitrogen and oxygen atoms in total. The molecule has 1 aromatic heterocycles. The first-order valence-corrected chi connectivity index (χ1v) is 6.24. The fourth-order valence-corrected chi connectivity index (χ4v) is 1.93. The number of carbonyl (C=O) groups excluding carboxylic acids is 1. The van der Waals surface area contributed by atoms with Gasteiger partial charge < -0.3 is 14.9 Å². The number of oxime groups is 1. The second-order valence-corrected chi connectivity index (χ2v) is 4.55. The van der Waals surface area contributed by atoms with Gasteiger partial charge >= 0.3 is 0 Å². The third kappa shape index (κ3) is 3.03. The van der Waals surface area contributed by atoms with E-state index >= 15 is 0 Å². The second-order valence-electron chi connectivity index (χ2n) is 3.82. The minimum Gasteiger partial charge on any atom is -0.457 e. The van der Waals surface area contributed by atoms with E-state index in [1.807, 2.05) is 0 Å². The molecule has 1 aromatic carbocycles. The molecule has 0 saturated carbocycles. The molecular formula is C13H11BrN2O3. The van der Waals surface area contributed by atoms with Crippen molar-refractivity contribution in [3.8, 4) is 0 Å². The molecule has 98 valence electrons. The maximum absolute atomic E-state index is 11.9. The summed E-state index contributed by atoms with van der Waals surface area (Å²) in [6, 6.07) is 8.56. The fraction of sp³-hybridized carbons (Fsp3) is 0.0769. The summed E-state index contributed by atoms with van der Waals surface area (Å²) in [6.07, 6.45) is 1.43. The van der Waals surface area contributed by atoms with Crippen LogP contribution in [0.4, 0.5) is 5.69 Å². The van der Waals surface area contributed by atoms with Crippen molar-refractivity contribution in [3.05, 3.63) is 52.4 Å². The van der Waals surface area contributed by atoms with Gasteiger partial charge in [-0.15, -0.1) is 0 Å². The highest BCUT2D eigenvalue weighted by Gasteiger charge is 2.12. The van der Waals surface area contributed by atoms with Crippen molar-refractivity contribution in [1.29, 1.82) is 0 Å². The van der Waals surface area contributed by atoms with Crippen molar-refractivity contribution in [1.82, 2.24) is 0 Å². The lowest BCUT2D eigenvalue weighted by atomic mass is 10.1. The topological polar surface area (TPSA) is 74.8 Å². The number of nitrogens with zero attached hydrogens (tertiary/aromatic N) is 1. The van der Waals surface area contributed by atoms with Crippen LogP contribution < -0.4 is 5.32 Å². The van der Waals surface area contributed by atoms with Crippen LogP contribution >= 0.6 is 15.9 Å². The van der Waals surface area contributed by atoms with Crippen LogP contribution in [-0.4, -0.2) is 16.8 Å². The number of anilines is 1. The van der Waals surface area contributed by atoms with E-state index in [1.54, 1.807) is 37.3 Å². The zero-order valence-corrected chi connectivity index (χ0v) is 11.6. The van der Waals surface area contributed by atoms with E-state index in [2.05, 4.69) is 26.4 Å². The zero-order chi connectivity index (χ0) is 13.8. The number of hydrogen-bond donors (Lipinski definition) is 2. The summed E-state index contributed by atoms with van der Waals surface area (Å²) < 4.78 is 5.39. The highest BCUT2D eigenvalue weighted by molar-refractivity contribution is 9.10. The molecule has 2 N–H and O–H groups in total. The average Bonchev–Trinajstić information content (AvgIpc) is 2.85. The second kappa shape index (κ2) is 5.71. The summed E-state index contributed by atoms with van der Waals surface area (Å²) in [5.74, 6) is -0.263. The van der Waals surface area contributed by atoms with Gasteiger partial charge in [0, 0.05) is 5.69 Å². The van der Waals surface area contributed by atoms with Gasteiger partial charge in [0.15, 0.2) is 4.67 Å². The smallest absolute Gasteiger partial charge is 0.260 e. The first kappa shape index (κ1) is 13.4. The maximum atomic E-state index is 11.9. The molecule has 2 aromatic rings. The third-order valence-corrected chi connectivity index (χ3v) is 3.19. The standard InChI is InChI=1S/C13H11BrN2O3/c1-8(16-18)9-2-4-10(5-3-9)15-13(17)11-6-7-19-12(11)14/h2-7,18H,1H3,(H,15,17)/b16-8-. The Balaban J connectivity index is 2.12. The predicted molar refractivity (Wildman–Crippen MR) is 74.8 cm³/mol. The van der Waals surface area contributed by atoms with Crippen LogP contribution in [0.25, 0.3) is 0 Å². The summed E-state index contributed by atoms with van der Waals surface area (Å²) in [7, 11) is 0. The lowest BCUT2D eigenvalue weighted by Crippen LogP contribution is -2.11. The Bertz CT molecular complexity index is 617. The van der Waals surface area contributed by atoms with Crippen molar-refractivity contribution in [2.24, 2.45) is 5.16 Å². The summed E-state index contributed by atoms with van der Waals surface area (Å²) in [6.45, 7) is 1.69. The van der Waals surface area contributed by atoms with E-state index < -0.39 is 0 Å². The SMILES string of the molecule is C/C(=N/O)c1ccc(NC(=O)c2ccoc2Br)cc1. The van der Waals surface area contributed by atoms with E-state index in [1.165, 1.54) is 6.26 Å². The first-order chi connectivity index (χ1) is 9.11. The van der Waals surface area contributed by atoms with Crippen LogP contribution in [0, 0.1) is 0 Å². The molecule has 2 rings (SSSR count). The lowest BCUT2D eigenvalue weighted by molar-refractivity contribution is 0.102. The minimum absolute atomic E-state index is 0.263. The van der Waals surface area contributed by atoms with Crippen molar-refractivity contribution >= 4 is 33.2 Å². The van der Waals surface area contributed by atoms with Gasteiger partial charge in [-0.1, -0.05) is 17.3 Å². The molecule has 0 atom stereocenters. The molecule has 0 saturated heterocycles. The van der Waals surface area contributed by atoms with Gasteiger partial charge in [0.1, 0.15) is 0 Å². The number of halogens is 1. The van der Waals surface area contributed by atoms with Crippen molar-refractivity contribution in [3.63, 3.8) is 0 Å². The molecule has 0 aliphatic rings. The summed E-state index contributed by atoms with van der Waals surface area (Å²) in [5, 5.41) is 14.5. The number of rotatable bonds is 3. The van der Waals surface area contributed by atoms with Crippen LogP contribution in [-0.2, 0) is 0 Å². The molecule has 0 fully saturated rings. The Morgan fingerprint density at radius 3 is 2.53 bits per heavy atom. The summed E-state index contributed by atoms with van der Waals surface area (Å²) in [4.78, 5) is 11.9. The average molecular weight is 323 g/mol. The highest BCUT2D eigenvalue weighted by atomic mass is 79.9. The molecule has 0 bridgehead atoms. The van der Waals surface area contributed by atoms with E-state index in [0.717, 1.165) is 5.56 Å². The van der Waals surface area contributed by atoms with Gasteiger partial charge in [-0.2, -0.15) is 0 Å². The largest absolute Gasteiger partial charge is 0.457 e. The van der Waals surface area contributed by atoms with Gasteiger partial charge in [-0.05, 0) is 46.6 Å². The zero-order valence-electron chi connectivity index (χ0n) is 10.1. The van der Waals surface area contributed by atoms with Crippen LogP contribution in [0.3, 0.4) is 0 Å². The van der Waals surface area contributed by atoms with Crippen molar-refractivity contribution in [2.45, 2.75) is 6.92 Å². The van der Waals surface area contributed by atoms with Gasteiger partial charge in [-0.25, -0.2) is 0 Å². The minimum atomic E-state index is -0.263. The lowest BCUT2D eigenvalue weighted by Gasteiger charge is -2.05. The normalized spacial score (nSPS) is 11.4. The monoisotopic (exact) mass is 322 g/mol. The highest BCUT2D eigenvalue weighted by Crippen LogP contribution is 2.19.